The van der Waals surface area contributed by atoms with Crippen molar-refractivity contribution in [1.82, 2.24) is 5.32 Å². The molecule has 4 aromatic carbocycles. The van der Waals surface area contributed by atoms with E-state index in [2.05, 4.69) is 51.7 Å². The minimum Gasteiger partial charge on any atom is -0.496 e. The van der Waals surface area contributed by atoms with Gasteiger partial charge in [-0.3, -0.25) is 20.2 Å². The lowest BCUT2D eigenvalue weighted by Gasteiger charge is -2.33. The third-order valence-corrected chi connectivity index (χ3v) is 8.81. The fourth-order valence-corrected chi connectivity index (χ4v) is 5.51. The van der Waals surface area contributed by atoms with Crippen LogP contribution in [0.25, 0.3) is 0 Å². The number of benzene rings is 4. The van der Waals surface area contributed by atoms with Crippen LogP contribution in [0.3, 0.4) is 0 Å². The molecule has 1 N–H and O–H groups in total. The van der Waals surface area contributed by atoms with E-state index in [1.165, 1.54) is 36.4 Å². The highest BCUT2D eigenvalue weighted by molar-refractivity contribution is 6.33. The summed E-state index contributed by atoms with van der Waals surface area (Å²) in [6.45, 7) is 8.99. The van der Waals surface area contributed by atoms with Gasteiger partial charge in [-0.1, -0.05) is 23.2 Å². The molecule has 0 unspecified atom stereocenters. The zero-order valence-corrected chi connectivity index (χ0v) is 30.6. The second kappa shape index (κ2) is 17.8. The minimum absolute atomic E-state index is 0.101. The molecule has 0 radical (unpaired) electrons. The number of anilines is 1. The van der Waals surface area contributed by atoms with Crippen molar-refractivity contribution in [2.75, 3.05) is 58.8 Å². The number of hydrogen-bond donors (Lipinski definition) is 1. The first-order valence-corrected chi connectivity index (χ1v) is 16.8. The zero-order chi connectivity index (χ0) is 37.1. The molecule has 0 saturated carbocycles. The Morgan fingerprint density at radius 2 is 1.37 bits per heavy atom. The van der Waals surface area contributed by atoms with Gasteiger partial charge in [0.15, 0.2) is 0 Å². The average Bonchev–Trinajstić information content (AvgIpc) is 3.10. The van der Waals surface area contributed by atoms with Crippen LogP contribution in [0.1, 0.15) is 18.1 Å². The van der Waals surface area contributed by atoms with Crippen LogP contribution in [0, 0.1) is 27.2 Å². The highest BCUT2D eigenvalue weighted by Gasteiger charge is 2.18. The number of ether oxygens (including phenoxy) is 1. The predicted octanol–water partition coefficient (Wildman–Crippen LogP) is 9.65. The number of methoxy groups -OCH3 is 1. The van der Waals surface area contributed by atoms with Gasteiger partial charge in [0.2, 0.25) is 0 Å². The Bertz CT molecular complexity index is 1920. The van der Waals surface area contributed by atoms with Crippen molar-refractivity contribution in [2.45, 2.75) is 20.4 Å². The summed E-state index contributed by atoms with van der Waals surface area (Å²) in [5.74, 6) is 0.673. The van der Waals surface area contributed by atoms with Crippen LogP contribution in [0.4, 0.5) is 39.8 Å². The highest BCUT2D eigenvalue weighted by Crippen LogP contribution is 2.34. The fraction of sp³-hybridized carbons (Fsp3) is 0.314. The lowest BCUT2D eigenvalue weighted by atomic mass is 10.1. The van der Waals surface area contributed by atoms with E-state index < -0.39 is 9.85 Å². The fourth-order valence-electron chi connectivity index (χ4n) is 5.08. The number of nitro groups is 2. The predicted molar refractivity (Wildman–Crippen MR) is 200 cm³/mol. The van der Waals surface area contributed by atoms with Crippen molar-refractivity contribution in [3.05, 3.63) is 114 Å². The summed E-state index contributed by atoms with van der Waals surface area (Å²) in [6.07, 6.45) is 0. The first kappa shape index (κ1) is 38.8. The van der Waals surface area contributed by atoms with Crippen molar-refractivity contribution >= 4 is 63.0 Å². The standard InChI is InChI=1S/C35H40Cl2N9O5/c1-6-43(27-9-7-26(8-10-27)39-40-32-13-11-28(44(47)48)20-30(32)36)16-18-46(3,4)17-15-38-23-25-19-24(2)34(22-35(25)51-5)42-41-33-14-12-29(45(49)50)21-31(33)37/h7-14,19-22,38H,6,15-18,23H2,1-5H3/q+1. The third kappa shape index (κ3) is 11.0. The van der Waals surface area contributed by atoms with Gasteiger partial charge in [0.05, 0.1) is 72.1 Å². The van der Waals surface area contributed by atoms with Crippen molar-refractivity contribution in [3.63, 3.8) is 0 Å². The van der Waals surface area contributed by atoms with Crippen LogP contribution < -0.4 is 15.0 Å². The molecule has 0 fully saturated rings. The molecule has 4 aromatic rings. The number of likely N-dealkylation sites (N-methyl/N-ethyl adjacent to an activating group) is 2. The average molecular weight is 738 g/mol. The number of non-ortho nitro benzene ring substituents is 2. The molecule has 268 valence electrons. The second-order valence-electron chi connectivity index (χ2n) is 12.3. The maximum absolute atomic E-state index is 11.0. The molecule has 0 spiro atoms. The summed E-state index contributed by atoms with van der Waals surface area (Å²) >= 11 is 12.3. The molecule has 0 aliphatic heterocycles. The third-order valence-electron chi connectivity index (χ3n) is 8.20. The number of halogens is 2. The largest absolute Gasteiger partial charge is 0.496 e. The van der Waals surface area contributed by atoms with Gasteiger partial charge >= 0.3 is 0 Å². The summed E-state index contributed by atoms with van der Waals surface area (Å²) in [5, 5.41) is 42.7. The lowest BCUT2D eigenvalue weighted by molar-refractivity contribution is -0.887. The zero-order valence-electron chi connectivity index (χ0n) is 29.0. The van der Waals surface area contributed by atoms with Gasteiger partial charge in [-0.15, -0.1) is 10.2 Å². The number of quaternary nitrogens is 1. The van der Waals surface area contributed by atoms with Crippen LogP contribution in [-0.4, -0.2) is 68.3 Å². The van der Waals surface area contributed by atoms with Gasteiger partial charge < -0.3 is 19.4 Å². The van der Waals surface area contributed by atoms with Crippen LogP contribution in [0.15, 0.2) is 93.3 Å². The Morgan fingerprint density at radius 3 is 1.90 bits per heavy atom. The smallest absolute Gasteiger partial charge is 0.271 e. The van der Waals surface area contributed by atoms with Gasteiger partial charge in [0.1, 0.15) is 17.1 Å². The highest BCUT2D eigenvalue weighted by atomic mass is 35.5. The molecule has 0 atom stereocenters. The number of hydrogen-bond acceptors (Lipinski definition) is 11. The Labute approximate surface area is 306 Å². The molecule has 4 rings (SSSR count). The first-order valence-electron chi connectivity index (χ1n) is 16.1. The van der Waals surface area contributed by atoms with E-state index in [-0.39, 0.29) is 21.4 Å². The maximum Gasteiger partial charge on any atom is 0.271 e. The molecule has 0 saturated heterocycles. The quantitative estimate of drug-likeness (QED) is 0.0371. The number of azo groups is 2. The normalized spacial score (nSPS) is 11.7. The molecule has 14 nitrogen and oxygen atoms in total. The molecule has 0 aliphatic rings. The molecule has 0 heterocycles. The molecule has 0 aromatic heterocycles. The van der Waals surface area contributed by atoms with Crippen LogP contribution in [0.5, 0.6) is 5.75 Å². The van der Waals surface area contributed by atoms with Gasteiger partial charge in [0, 0.05) is 61.2 Å². The minimum atomic E-state index is -0.514. The van der Waals surface area contributed by atoms with Gasteiger partial charge in [-0.25, -0.2) is 0 Å². The van der Waals surface area contributed by atoms with Gasteiger partial charge in [-0.05, 0) is 61.9 Å². The molecule has 51 heavy (non-hydrogen) atoms. The number of aryl methyl sites for hydroxylation is 1. The SMILES string of the molecule is CCN(CC[N+](C)(C)CCNCc1cc(C)c(N=Nc2ccc([N+](=O)[O-])cc2Cl)cc1OC)c1ccc(N=Nc2ccc([N+](=O)[O-])cc2Cl)cc1. The van der Waals surface area contributed by atoms with Gasteiger partial charge in [0.25, 0.3) is 11.4 Å². The Hall–Kier alpha value is -5.02. The van der Waals surface area contributed by atoms with E-state index in [9.17, 15) is 20.2 Å². The van der Waals surface area contributed by atoms with E-state index in [1.807, 2.05) is 43.3 Å². The van der Waals surface area contributed by atoms with Crippen molar-refractivity contribution in [2.24, 2.45) is 20.5 Å². The van der Waals surface area contributed by atoms with Crippen molar-refractivity contribution in [3.8, 4) is 5.75 Å². The summed E-state index contributed by atoms with van der Waals surface area (Å²) in [7, 11) is 6.03. The summed E-state index contributed by atoms with van der Waals surface area (Å²) in [6, 6.07) is 19.7. The van der Waals surface area contributed by atoms with E-state index in [1.54, 1.807) is 7.11 Å². The van der Waals surface area contributed by atoms with Gasteiger partial charge in [-0.2, -0.15) is 10.2 Å². The Kier molecular flexibility index (Phi) is 13.5. The number of rotatable bonds is 17. The summed E-state index contributed by atoms with van der Waals surface area (Å²) < 4.78 is 6.46. The molecular formula is C35H40Cl2N9O5+. The molecule has 0 amide bonds. The molecular weight excluding hydrogens is 697 g/mol. The van der Waals surface area contributed by atoms with Crippen molar-refractivity contribution < 1.29 is 19.1 Å². The molecule has 16 heteroatoms. The van der Waals surface area contributed by atoms with E-state index >= 15 is 0 Å². The molecule has 0 bridgehead atoms. The van der Waals surface area contributed by atoms with Crippen LogP contribution in [0.2, 0.25) is 10.0 Å². The van der Waals surface area contributed by atoms with Crippen LogP contribution >= 0.6 is 23.2 Å². The monoisotopic (exact) mass is 736 g/mol. The Balaban J connectivity index is 1.28. The lowest BCUT2D eigenvalue weighted by Crippen LogP contribution is -2.48. The Morgan fingerprint density at radius 1 is 0.804 bits per heavy atom. The summed E-state index contributed by atoms with van der Waals surface area (Å²) in [4.78, 5) is 23.2. The second-order valence-corrected chi connectivity index (χ2v) is 13.1. The number of nitrogens with one attached hydrogen (secondary N) is 1. The number of nitrogens with zero attached hydrogens (tertiary/aromatic N) is 8. The summed E-state index contributed by atoms with van der Waals surface area (Å²) in [5.41, 5.74) is 4.69. The van der Waals surface area contributed by atoms with Crippen LogP contribution in [-0.2, 0) is 6.54 Å². The van der Waals surface area contributed by atoms with Crippen molar-refractivity contribution in [1.29, 1.82) is 0 Å². The molecule has 0 aliphatic carbocycles. The van der Waals surface area contributed by atoms with E-state index in [4.69, 9.17) is 27.9 Å². The number of nitro benzene ring substituents is 2. The maximum atomic E-state index is 11.0. The first-order chi connectivity index (χ1) is 24.3. The van der Waals surface area contributed by atoms with E-state index in [0.29, 0.717) is 35.0 Å². The van der Waals surface area contributed by atoms with E-state index in [0.717, 1.165) is 54.0 Å². The topological polar surface area (TPSA) is 160 Å².